The van der Waals surface area contributed by atoms with E-state index in [0.717, 1.165) is 18.2 Å². The third kappa shape index (κ3) is 3.76. The minimum absolute atomic E-state index is 0.111. The number of hydrogen-bond acceptors (Lipinski definition) is 5. The molecule has 0 fully saturated rings. The molecule has 1 aromatic heterocycles. The quantitative estimate of drug-likeness (QED) is 0.718. The van der Waals surface area contributed by atoms with Gasteiger partial charge in [-0.25, -0.2) is 0 Å². The third-order valence-electron chi connectivity index (χ3n) is 3.10. The lowest BCUT2D eigenvalue weighted by Crippen LogP contribution is -2.30. The fourth-order valence-electron chi connectivity index (χ4n) is 2.14. The van der Waals surface area contributed by atoms with Gasteiger partial charge in [-0.05, 0) is 24.5 Å². The predicted molar refractivity (Wildman–Crippen MR) is 78.5 cm³/mol. The van der Waals surface area contributed by atoms with Crippen molar-refractivity contribution in [1.82, 2.24) is 4.98 Å². The van der Waals surface area contributed by atoms with Crippen molar-refractivity contribution in [2.45, 2.75) is 13.3 Å². The zero-order valence-electron chi connectivity index (χ0n) is 12.2. The number of nitrogens with zero attached hydrogens (tertiary/aromatic N) is 1. The van der Waals surface area contributed by atoms with Crippen molar-refractivity contribution in [2.75, 3.05) is 0 Å². The summed E-state index contributed by atoms with van der Waals surface area (Å²) in [5, 5.41) is 27.5. The lowest BCUT2D eigenvalue weighted by molar-refractivity contribution is -0.274. The van der Waals surface area contributed by atoms with Crippen LogP contribution in [0, 0.1) is 18.3 Å². The lowest BCUT2D eigenvalue weighted by atomic mass is 9.78. The van der Waals surface area contributed by atoms with Gasteiger partial charge in [0.1, 0.15) is 17.4 Å². The molecule has 0 aliphatic rings. The Hall–Kier alpha value is -2.77. The molecule has 0 aliphatic carbocycles. The van der Waals surface area contributed by atoms with Gasteiger partial charge in [-0.15, -0.1) is 13.2 Å². The highest BCUT2D eigenvalue weighted by Gasteiger charge is 2.33. The summed E-state index contributed by atoms with van der Waals surface area (Å²) in [5.41, 5.74) is -1.38. The Labute approximate surface area is 133 Å². The van der Waals surface area contributed by atoms with E-state index in [0.29, 0.717) is 5.69 Å². The molecule has 0 atom stereocenters. The van der Waals surface area contributed by atoms with Gasteiger partial charge in [0.05, 0.1) is 0 Å². The van der Waals surface area contributed by atoms with Crippen LogP contribution in [0.5, 0.6) is 5.75 Å². The number of alkyl halides is 3. The van der Waals surface area contributed by atoms with Gasteiger partial charge in [-0.3, -0.25) is 4.79 Å². The summed E-state index contributed by atoms with van der Waals surface area (Å²) in [6.45, 7) is 1.49. The van der Waals surface area contributed by atoms with Crippen molar-refractivity contribution in [1.29, 1.82) is 5.26 Å². The Bertz CT molecular complexity index is 872. The summed E-state index contributed by atoms with van der Waals surface area (Å²) < 4.78 is 41.7. The maximum absolute atomic E-state index is 12.6. The smallest absolute Gasteiger partial charge is 0.423 e. The molecule has 124 valence electrons. The molecular weight excluding hydrogens is 328 g/mol. The summed E-state index contributed by atoms with van der Waals surface area (Å²) in [7, 11) is -1.95. The van der Waals surface area contributed by atoms with E-state index < -0.39 is 30.4 Å². The first-order chi connectivity index (χ1) is 11.1. The van der Waals surface area contributed by atoms with Crippen LogP contribution in [0.25, 0.3) is 11.1 Å². The summed E-state index contributed by atoms with van der Waals surface area (Å²) in [4.78, 5) is 14.2. The summed E-state index contributed by atoms with van der Waals surface area (Å²) >= 11 is 0. The van der Waals surface area contributed by atoms with E-state index in [1.807, 2.05) is 0 Å². The van der Waals surface area contributed by atoms with Crippen LogP contribution < -0.4 is 15.8 Å². The molecular formula is C14H10BF3N2O4. The van der Waals surface area contributed by atoms with Gasteiger partial charge in [-0.1, -0.05) is 12.1 Å². The molecule has 10 heteroatoms. The Kier molecular flexibility index (Phi) is 4.68. The molecule has 0 saturated heterocycles. The zero-order chi connectivity index (χ0) is 18.1. The SMILES string of the molecule is Cc1cc(-c2cc(B(O)O)ccc2OC(F)(F)F)c(C#N)c(=O)[nH]1. The average Bonchev–Trinajstić information content (AvgIpc) is 2.45. The summed E-state index contributed by atoms with van der Waals surface area (Å²) in [6, 6.07) is 5.85. The van der Waals surface area contributed by atoms with E-state index >= 15 is 0 Å². The summed E-state index contributed by atoms with van der Waals surface area (Å²) in [5.74, 6) is -0.673. The van der Waals surface area contributed by atoms with Crippen LogP contribution in [0.2, 0.25) is 0 Å². The first-order valence-corrected chi connectivity index (χ1v) is 6.52. The zero-order valence-corrected chi connectivity index (χ0v) is 12.2. The van der Waals surface area contributed by atoms with Gasteiger partial charge in [-0.2, -0.15) is 5.26 Å². The lowest BCUT2D eigenvalue weighted by Gasteiger charge is -2.15. The summed E-state index contributed by atoms with van der Waals surface area (Å²) in [6.07, 6.45) is -5.00. The topological polar surface area (TPSA) is 106 Å². The van der Waals surface area contributed by atoms with E-state index in [9.17, 15) is 28.0 Å². The molecule has 1 heterocycles. The standard InChI is InChI=1S/C14H10BF3N2O4/c1-7-4-9(11(6-19)13(21)20-7)10-5-8(15(22)23)2-3-12(10)24-14(16,17)18/h2-5,22-23H,1H3,(H,20,21). The number of nitrogens with one attached hydrogen (secondary N) is 1. The highest BCUT2D eigenvalue weighted by atomic mass is 19.4. The number of hydrogen-bond donors (Lipinski definition) is 3. The van der Waals surface area contributed by atoms with Crippen LogP contribution >= 0.6 is 0 Å². The van der Waals surface area contributed by atoms with E-state index in [2.05, 4.69) is 9.72 Å². The Morgan fingerprint density at radius 1 is 1.25 bits per heavy atom. The van der Waals surface area contributed by atoms with Crippen molar-refractivity contribution >= 4 is 12.6 Å². The second-order valence-electron chi connectivity index (χ2n) is 4.86. The van der Waals surface area contributed by atoms with Crippen LogP contribution in [0.15, 0.2) is 29.1 Å². The number of rotatable bonds is 3. The fraction of sp³-hybridized carbons (Fsp3) is 0.143. The van der Waals surface area contributed by atoms with Crippen LogP contribution in [0.3, 0.4) is 0 Å². The van der Waals surface area contributed by atoms with Crippen LogP contribution in [0.4, 0.5) is 13.2 Å². The number of halogens is 3. The first kappa shape index (κ1) is 17.6. The molecule has 24 heavy (non-hydrogen) atoms. The maximum Gasteiger partial charge on any atom is 0.573 e. The van der Waals surface area contributed by atoms with E-state index in [1.54, 1.807) is 6.07 Å². The van der Waals surface area contributed by atoms with Crippen molar-refractivity contribution in [3.8, 4) is 22.9 Å². The van der Waals surface area contributed by atoms with Gasteiger partial charge < -0.3 is 19.8 Å². The molecule has 6 nitrogen and oxygen atoms in total. The molecule has 0 amide bonds. The molecule has 1 aromatic carbocycles. The molecule has 0 spiro atoms. The number of nitriles is 1. The number of benzene rings is 1. The first-order valence-electron chi connectivity index (χ1n) is 6.52. The second kappa shape index (κ2) is 6.39. The molecule has 0 bridgehead atoms. The average molecular weight is 338 g/mol. The number of aromatic nitrogens is 1. The van der Waals surface area contributed by atoms with Crippen LogP contribution in [-0.4, -0.2) is 28.5 Å². The van der Waals surface area contributed by atoms with Gasteiger partial charge in [0.2, 0.25) is 0 Å². The Morgan fingerprint density at radius 3 is 2.46 bits per heavy atom. The van der Waals surface area contributed by atoms with Gasteiger partial charge in [0, 0.05) is 16.8 Å². The van der Waals surface area contributed by atoms with Crippen LogP contribution in [-0.2, 0) is 0 Å². The minimum atomic E-state index is -5.00. The van der Waals surface area contributed by atoms with Crippen molar-refractivity contribution in [3.05, 3.63) is 45.9 Å². The number of pyridine rings is 1. The van der Waals surface area contributed by atoms with Crippen LogP contribution in [0.1, 0.15) is 11.3 Å². The highest BCUT2D eigenvalue weighted by Crippen LogP contribution is 2.34. The number of aromatic amines is 1. The number of ether oxygens (including phenoxy) is 1. The predicted octanol–water partition coefficient (Wildman–Crippen LogP) is 0.800. The van der Waals surface area contributed by atoms with Gasteiger partial charge in [0.25, 0.3) is 5.56 Å². The molecule has 0 radical (unpaired) electrons. The Morgan fingerprint density at radius 2 is 1.92 bits per heavy atom. The van der Waals surface area contributed by atoms with Crippen molar-refractivity contribution in [2.24, 2.45) is 0 Å². The largest absolute Gasteiger partial charge is 0.573 e. The third-order valence-corrected chi connectivity index (χ3v) is 3.10. The number of aryl methyl sites for hydroxylation is 1. The number of H-pyrrole nitrogens is 1. The molecule has 2 rings (SSSR count). The van der Waals surface area contributed by atoms with Gasteiger partial charge >= 0.3 is 13.5 Å². The monoisotopic (exact) mass is 338 g/mol. The second-order valence-corrected chi connectivity index (χ2v) is 4.86. The minimum Gasteiger partial charge on any atom is -0.423 e. The van der Waals surface area contributed by atoms with Gasteiger partial charge in [0.15, 0.2) is 0 Å². The normalized spacial score (nSPS) is 11.0. The van der Waals surface area contributed by atoms with E-state index in [-0.39, 0.29) is 16.6 Å². The van der Waals surface area contributed by atoms with Crippen molar-refractivity contribution < 1.29 is 28.0 Å². The molecule has 0 unspecified atom stereocenters. The van der Waals surface area contributed by atoms with E-state index in [1.165, 1.54) is 13.0 Å². The molecule has 3 N–H and O–H groups in total. The fourth-order valence-corrected chi connectivity index (χ4v) is 2.14. The maximum atomic E-state index is 12.6. The molecule has 0 aliphatic heterocycles. The molecule has 0 saturated carbocycles. The molecule has 2 aromatic rings. The van der Waals surface area contributed by atoms with Crippen molar-refractivity contribution in [3.63, 3.8) is 0 Å². The highest BCUT2D eigenvalue weighted by molar-refractivity contribution is 6.58. The Balaban J connectivity index is 2.78. The van der Waals surface area contributed by atoms with E-state index in [4.69, 9.17) is 5.26 Å².